The van der Waals surface area contributed by atoms with Crippen molar-refractivity contribution >= 4 is 27.5 Å². The number of carbonyl (C=O) groups excluding carboxylic acids is 1. The second-order valence-electron chi connectivity index (χ2n) is 7.34. The summed E-state index contributed by atoms with van der Waals surface area (Å²) >= 11 is 1.37. The Bertz CT molecular complexity index is 733. The quantitative estimate of drug-likeness (QED) is 0.522. The highest BCUT2D eigenvalue weighted by atomic mass is 32.2. The molecule has 1 saturated heterocycles. The van der Waals surface area contributed by atoms with E-state index < -0.39 is 9.84 Å². The van der Waals surface area contributed by atoms with Crippen molar-refractivity contribution in [3.05, 3.63) is 5.82 Å². The van der Waals surface area contributed by atoms with Gasteiger partial charge in [-0.2, -0.15) is 0 Å². The summed E-state index contributed by atoms with van der Waals surface area (Å²) in [5.41, 5.74) is 0. The molecule has 0 radical (unpaired) electrons. The van der Waals surface area contributed by atoms with Crippen molar-refractivity contribution in [3.63, 3.8) is 0 Å². The number of hydrogen-bond donors (Lipinski definition) is 2. The Hall–Kier alpha value is -1.13. The molecule has 1 aromatic heterocycles. The van der Waals surface area contributed by atoms with Crippen molar-refractivity contribution in [2.45, 2.75) is 63.3 Å². The van der Waals surface area contributed by atoms with Crippen molar-refractivity contribution in [2.24, 2.45) is 0 Å². The standard InChI is InChI=1S/C17H31N5O3S2/c1-5-7-9-22-16(14(6-2)21(3)4)19-20-17(22)26-11-15(23)18-13-8-10-27(24,25)12-13/h13-14H,5-12H2,1-4H3,(H,18,23)/p+1/t13-,14-/m0/s1. The first-order chi connectivity index (χ1) is 12.8. The monoisotopic (exact) mass is 418 g/mol. The van der Waals surface area contributed by atoms with Crippen molar-refractivity contribution in [2.75, 3.05) is 31.4 Å². The van der Waals surface area contributed by atoms with Crippen LogP contribution in [-0.4, -0.2) is 66.5 Å². The van der Waals surface area contributed by atoms with E-state index in [1.54, 1.807) is 0 Å². The van der Waals surface area contributed by atoms with Gasteiger partial charge in [-0.15, -0.1) is 10.2 Å². The fraction of sp³-hybridized carbons (Fsp3) is 0.824. The number of hydrogen-bond acceptors (Lipinski definition) is 6. The highest BCUT2D eigenvalue weighted by Crippen LogP contribution is 2.22. The number of thioether (sulfide) groups is 1. The number of carbonyl (C=O) groups is 1. The van der Waals surface area contributed by atoms with E-state index in [2.05, 4.69) is 48.0 Å². The third-order valence-corrected chi connectivity index (χ3v) is 7.56. The van der Waals surface area contributed by atoms with E-state index >= 15 is 0 Å². The van der Waals surface area contributed by atoms with Gasteiger partial charge in [0, 0.05) is 19.0 Å². The smallest absolute Gasteiger partial charge is 0.230 e. The van der Waals surface area contributed by atoms with Crippen LogP contribution in [0.2, 0.25) is 0 Å². The number of unbranched alkanes of at least 4 members (excludes halogenated alkanes) is 1. The zero-order chi connectivity index (χ0) is 20.0. The van der Waals surface area contributed by atoms with Gasteiger partial charge in [0.25, 0.3) is 0 Å². The van der Waals surface area contributed by atoms with Crippen molar-refractivity contribution in [1.29, 1.82) is 0 Å². The van der Waals surface area contributed by atoms with Gasteiger partial charge in [-0.1, -0.05) is 32.0 Å². The second kappa shape index (κ2) is 9.88. The molecule has 27 heavy (non-hydrogen) atoms. The lowest BCUT2D eigenvalue weighted by Crippen LogP contribution is -3.06. The molecule has 2 N–H and O–H groups in total. The summed E-state index contributed by atoms with van der Waals surface area (Å²) in [7, 11) is 1.24. The Morgan fingerprint density at radius 2 is 2.11 bits per heavy atom. The maximum atomic E-state index is 12.2. The van der Waals surface area contributed by atoms with E-state index in [9.17, 15) is 13.2 Å². The molecular weight excluding hydrogens is 386 g/mol. The normalized spacial score (nSPS) is 20.1. The minimum atomic E-state index is -2.99. The topological polar surface area (TPSA) is 98.4 Å². The van der Waals surface area contributed by atoms with Gasteiger partial charge in [0.15, 0.2) is 20.8 Å². The number of quaternary nitrogens is 1. The lowest BCUT2D eigenvalue weighted by atomic mass is 10.2. The molecule has 0 aromatic carbocycles. The summed E-state index contributed by atoms with van der Waals surface area (Å²) in [5, 5.41) is 12.3. The summed E-state index contributed by atoms with van der Waals surface area (Å²) < 4.78 is 25.2. The maximum Gasteiger partial charge on any atom is 0.230 e. The van der Waals surface area contributed by atoms with Crippen molar-refractivity contribution in [3.8, 4) is 0 Å². The average molecular weight is 419 g/mol. The Morgan fingerprint density at radius 3 is 2.67 bits per heavy atom. The van der Waals surface area contributed by atoms with Gasteiger partial charge in [-0.3, -0.25) is 4.79 Å². The number of nitrogens with one attached hydrogen (secondary N) is 2. The molecule has 1 aliphatic heterocycles. The number of nitrogens with zero attached hydrogens (tertiary/aromatic N) is 3. The minimum absolute atomic E-state index is 0.0457. The van der Waals surface area contributed by atoms with Crippen LogP contribution in [0.25, 0.3) is 0 Å². The van der Waals surface area contributed by atoms with Crippen molar-refractivity contribution < 1.29 is 18.1 Å². The molecule has 0 saturated carbocycles. The first kappa shape index (κ1) is 22.2. The largest absolute Gasteiger partial charge is 0.352 e. The molecule has 154 valence electrons. The lowest BCUT2D eigenvalue weighted by Gasteiger charge is -2.20. The lowest BCUT2D eigenvalue weighted by molar-refractivity contribution is -0.893. The second-order valence-corrected chi connectivity index (χ2v) is 10.5. The summed E-state index contributed by atoms with van der Waals surface area (Å²) in [6.07, 6.45) is 3.57. The van der Waals surface area contributed by atoms with E-state index in [0.29, 0.717) is 6.42 Å². The molecule has 1 aliphatic rings. The summed E-state index contributed by atoms with van der Waals surface area (Å²) in [6.45, 7) is 5.13. The number of sulfone groups is 1. The highest BCUT2D eigenvalue weighted by Gasteiger charge is 2.29. The van der Waals surface area contributed by atoms with Gasteiger partial charge in [0.2, 0.25) is 5.91 Å². The fourth-order valence-electron chi connectivity index (χ4n) is 3.35. The maximum absolute atomic E-state index is 12.2. The van der Waals surface area contributed by atoms with E-state index in [1.165, 1.54) is 16.7 Å². The van der Waals surface area contributed by atoms with Gasteiger partial charge >= 0.3 is 0 Å². The predicted octanol–water partition coefficient (Wildman–Crippen LogP) is 0.0692. The Kier molecular flexibility index (Phi) is 8.11. The fourth-order valence-corrected chi connectivity index (χ4v) is 5.80. The van der Waals surface area contributed by atoms with Gasteiger partial charge in [-0.05, 0) is 12.8 Å². The van der Waals surface area contributed by atoms with Gasteiger partial charge in [-0.25, -0.2) is 8.42 Å². The minimum Gasteiger partial charge on any atom is -0.352 e. The van der Waals surface area contributed by atoms with Crippen LogP contribution < -0.4 is 10.2 Å². The molecule has 2 atom stereocenters. The molecule has 1 fully saturated rings. The Morgan fingerprint density at radius 1 is 1.37 bits per heavy atom. The average Bonchev–Trinajstić information content (AvgIpc) is 3.14. The molecule has 2 heterocycles. The third-order valence-electron chi connectivity index (χ3n) is 4.83. The van der Waals surface area contributed by atoms with Crippen LogP contribution in [0.5, 0.6) is 0 Å². The van der Waals surface area contributed by atoms with Crippen LogP contribution in [0.4, 0.5) is 0 Å². The number of amides is 1. The van der Waals surface area contributed by atoms with Crippen LogP contribution in [-0.2, 0) is 21.2 Å². The molecule has 0 bridgehead atoms. The molecular formula is C17H32N5O3S2+. The molecule has 1 aromatic rings. The molecule has 0 aliphatic carbocycles. The Labute approximate surface area is 166 Å². The van der Waals surface area contributed by atoms with Crippen LogP contribution in [0.1, 0.15) is 51.4 Å². The van der Waals surface area contributed by atoms with Crippen LogP contribution in [0.3, 0.4) is 0 Å². The van der Waals surface area contributed by atoms with Crippen molar-refractivity contribution in [1.82, 2.24) is 20.1 Å². The number of rotatable bonds is 10. The van der Waals surface area contributed by atoms with Gasteiger partial charge in [0.1, 0.15) is 6.04 Å². The van der Waals surface area contributed by atoms with E-state index in [0.717, 1.165) is 36.8 Å². The predicted molar refractivity (Wildman–Crippen MR) is 107 cm³/mol. The van der Waals surface area contributed by atoms with E-state index in [1.807, 2.05) is 0 Å². The first-order valence-corrected chi connectivity index (χ1v) is 12.4. The van der Waals surface area contributed by atoms with E-state index in [4.69, 9.17) is 0 Å². The number of aromatic nitrogens is 3. The molecule has 0 spiro atoms. The molecule has 1 amide bonds. The highest BCUT2D eigenvalue weighted by molar-refractivity contribution is 7.99. The van der Waals surface area contributed by atoms with E-state index in [-0.39, 0.29) is 35.2 Å². The zero-order valence-corrected chi connectivity index (χ0v) is 18.3. The third kappa shape index (κ3) is 6.18. The molecule has 10 heteroatoms. The summed E-state index contributed by atoms with van der Waals surface area (Å²) in [4.78, 5) is 13.5. The SMILES string of the molecule is CCCCn1c(SCC(=O)N[C@H]2CCS(=O)(=O)C2)nnc1[C@H](CC)[NH+](C)C. The van der Waals surface area contributed by atoms with Crippen LogP contribution in [0, 0.1) is 0 Å². The zero-order valence-electron chi connectivity index (χ0n) is 16.7. The van der Waals surface area contributed by atoms with Crippen LogP contribution in [0.15, 0.2) is 5.16 Å². The van der Waals surface area contributed by atoms with Gasteiger partial charge < -0.3 is 14.8 Å². The van der Waals surface area contributed by atoms with Crippen LogP contribution >= 0.6 is 11.8 Å². The molecule has 8 nitrogen and oxygen atoms in total. The van der Waals surface area contributed by atoms with Gasteiger partial charge in [0.05, 0.1) is 31.4 Å². The first-order valence-electron chi connectivity index (χ1n) is 9.63. The summed E-state index contributed by atoms with van der Waals surface area (Å²) in [5.74, 6) is 1.23. The Balaban J connectivity index is 2.02. The summed E-state index contributed by atoms with van der Waals surface area (Å²) in [6, 6.07) is -0.000312. The molecule has 0 unspecified atom stereocenters. The molecule has 2 rings (SSSR count).